The van der Waals surface area contributed by atoms with E-state index >= 15 is 0 Å². The third-order valence-corrected chi connectivity index (χ3v) is 3.60. The topological polar surface area (TPSA) is 74.0 Å². The Morgan fingerprint density at radius 2 is 2.00 bits per heavy atom. The van der Waals surface area contributed by atoms with Crippen molar-refractivity contribution in [3.05, 3.63) is 33.2 Å². The molecule has 6 heteroatoms. The van der Waals surface area contributed by atoms with Crippen LogP contribution in [0.15, 0.2) is 10.9 Å². The first-order valence-electron chi connectivity index (χ1n) is 7.46. The van der Waals surface area contributed by atoms with Crippen LogP contribution in [0.4, 0.5) is 0 Å². The Balaban J connectivity index is 0.00000220. The van der Waals surface area contributed by atoms with Gasteiger partial charge in [-0.25, -0.2) is 0 Å². The summed E-state index contributed by atoms with van der Waals surface area (Å²) in [5, 5.41) is 5.99. The van der Waals surface area contributed by atoms with Gasteiger partial charge >= 0.3 is 0 Å². The van der Waals surface area contributed by atoms with Crippen molar-refractivity contribution in [1.82, 2.24) is 15.6 Å². The van der Waals surface area contributed by atoms with Crippen molar-refractivity contribution < 1.29 is 4.79 Å². The number of amides is 1. The van der Waals surface area contributed by atoms with E-state index in [2.05, 4.69) is 22.5 Å². The summed E-state index contributed by atoms with van der Waals surface area (Å²) in [6.07, 6.45) is 5.16. The van der Waals surface area contributed by atoms with Gasteiger partial charge in [0.2, 0.25) is 0 Å². The molecule has 1 amide bonds. The molecule has 0 radical (unpaired) electrons. The first-order chi connectivity index (χ1) is 9.72. The molecule has 5 nitrogen and oxygen atoms in total. The second-order valence-electron chi connectivity index (χ2n) is 5.23. The van der Waals surface area contributed by atoms with Crippen LogP contribution in [-0.4, -0.2) is 30.5 Å². The molecule has 1 aromatic heterocycles. The lowest BCUT2D eigenvalue weighted by Crippen LogP contribution is -2.35. The molecule has 0 saturated heterocycles. The lowest BCUT2D eigenvalue weighted by Gasteiger charge is -2.15. The van der Waals surface area contributed by atoms with Crippen LogP contribution in [0.25, 0.3) is 0 Å². The Morgan fingerprint density at radius 3 is 2.76 bits per heavy atom. The Bertz CT molecular complexity index is 528. The molecule has 21 heavy (non-hydrogen) atoms. The number of nitrogens with one attached hydrogen (secondary N) is 3. The lowest BCUT2D eigenvalue weighted by atomic mass is 9.95. The number of hydrogen-bond acceptors (Lipinski definition) is 3. The van der Waals surface area contributed by atoms with Crippen LogP contribution in [-0.2, 0) is 12.8 Å². The van der Waals surface area contributed by atoms with E-state index in [4.69, 9.17) is 0 Å². The quantitative estimate of drug-likeness (QED) is 0.695. The van der Waals surface area contributed by atoms with E-state index in [0.717, 1.165) is 56.5 Å². The highest BCUT2D eigenvalue weighted by molar-refractivity contribution is 5.94. The zero-order valence-electron chi connectivity index (χ0n) is 12.5. The molecule has 1 aliphatic carbocycles. The van der Waals surface area contributed by atoms with Gasteiger partial charge in [-0.3, -0.25) is 9.59 Å². The van der Waals surface area contributed by atoms with Gasteiger partial charge in [-0.05, 0) is 50.3 Å². The van der Waals surface area contributed by atoms with Gasteiger partial charge in [-0.1, -0.05) is 6.92 Å². The van der Waals surface area contributed by atoms with E-state index in [1.54, 1.807) is 6.07 Å². The van der Waals surface area contributed by atoms with Crippen molar-refractivity contribution in [3.63, 3.8) is 0 Å². The molecule has 1 aliphatic rings. The van der Waals surface area contributed by atoms with E-state index in [-0.39, 0.29) is 29.4 Å². The minimum atomic E-state index is -0.280. The minimum Gasteiger partial charge on any atom is -0.351 e. The van der Waals surface area contributed by atoms with Crippen molar-refractivity contribution in [2.24, 2.45) is 0 Å². The van der Waals surface area contributed by atoms with Crippen molar-refractivity contribution in [3.8, 4) is 0 Å². The fraction of sp³-hybridized carbons (Fsp3) is 0.600. The first-order valence-corrected chi connectivity index (χ1v) is 7.46. The van der Waals surface area contributed by atoms with E-state index in [1.165, 1.54) is 0 Å². The number of aromatic amines is 1. The van der Waals surface area contributed by atoms with E-state index < -0.39 is 0 Å². The van der Waals surface area contributed by atoms with Gasteiger partial charge < -0.3 is 15.6 Å². The zero-order chi connectivity index (χ0) is 14.4. The molecule has 0 aliphatic heterocycles. The highest BCUT2D eigenvalue weighted by atomic mass is 35.5. The number of carbonyl (C=O) groups is 1. The fourth-order valence-corrected chi connectivity index (χ4v) is 2.50. The SMILES string of the molecule is CCCNCCNC(=O)c1cc2c([nH]c1=O)CCCC2.Cl. The second-order valence-corrected chi connectivity index (χ2v) is 5.23. The van der Waals surface area contributed by atoms with Crippen molar-refractivity contribution in [2.75, 3.05) is 19.6 Å². The van der Waals surface area contributed by atoms with Gasteiger partial charge in [-0.15, -0.1) is 12.4 Å². The van der Waals surface area contributed by atoms with Crippen molar-refractivity contribution >= 4 is 18.3 Å². The number of carbonyl (C=O) groups excluding carboxylic acids is 1. The van der Waals surface area contributed by atoms with Gasteiger partial charge in [-0.2, -0.15) is 0 Å². The molecule has 0 unspecified atom stereocenters. The Kier molecular flexibility index (Phi) is 7.47. The molecule has 3 N–H and O–H groups in total. The van der Waals surface area contributed by atoms with Crippen LogP contribution >= 0.6 is 12.4 Å². The normalized spacial score (nSPS) is 13.2. The number of aryl methyl sites for hydroxylation is 2. The number of pyridine rings is 1. The van der Waals surface area contributed by atoms with E-state index in [1.807, 2.05) is 0 Å². The van der Waals surface area contributed by atoms with E-state index in [0.29, 0.717) is 6.54 Å². The molecule has 0 atom stereocenters. The Morgan fingerprint density at radius 1 is 1.24 bits per heavy atom. The smallest absolute Gasteiger partial charge is 0.261 e. The summed E-state index contributed by atoms with van der Waals surface area (Å²) in [7, 11) is 0. The molecule has 0 spiro atoms. The third kappa shape index (κ3) is 4.86. The lowest BCUT2D eigenvalue weighted by molar-refractivity contribution is 0.0952. The summed E-state index contributed by atoms with van der Waals surface area (Å²) in [6, 6.07) is 1.77. The van der Waals surface area contributed by atoms with E-state index in [9.17, 15) is 9.59 Å². The molecule has 1 heterocycles. The summed E-state index contributed by atoms with van der Waals surface area (Å²) in [6.45, 7) is 4.30. The van der Waals surface area contributed by atoms with Gasteiger partial charge in [0, 0.05) is 18.8 Å². The molecular weight excluding hydrogens is 290 g/mol. The summed E-state index contributed by atoms with van der Waals surface area (Å²) >= 11 is 0. The summed E-state index contributed by atoms with van der Waals surface area (Å²) in [5.74, 6) is -0.280. The summed E-state index contributed by atoms with van der Waals surface area (Å²) in [5.41, 5.74) is 2.08. The molecule has 0 aromatic carbocycles. The van der Waals surface area contributed by atoms with Crippen LogP contribution in [0.1, 0.15) is 47.8 Å². The van der Waals surface area contributed by atoms with Crippen LogP contribution in [0, 0.1) is 0 Å². The maximum absolute atomic E-state index is 12.0. The second kappa shape index (κ2) is 8.85. The summed E-state index contributed by atoms with van der Waals surface area (Å²) < 4.78 is 0. The fourth-order valence-electron chi connectivity index (χ4n) is 2.50. The number of fused-ring (bicyclic) bond motifs is 1. The molecule has 118 valence electrons. The molecule has 0 saturated carbocycles. The highest BCUT2D eigenvalue weighted by Crippen LogP contribution is 2.18. The number of H-pyrrole nitrogens is 1. The average molecular weight is 314 g/mol. The highest BCUT2D eigenvalue weighted by Gasteiger charge is 2.16. The van der Waals surface area contributed by atoms with Crippen molar-refractivity contribution in [2.45, 2.75) is 39.0 Å². The van der Waals surface area contributed by atoms with Gasteiger partial charge in [0.25, 0.3) is 11.5 Å². The number of rotatable bonds is 6. The average Bonchev–Trinajstić information content (AvgIpc) is 2.46. The van der Waals surface area contributed by atoms with Gasteiger partial charge in [0.05, 0.1) is 0 Å². The number of halogens is 1. The maximum atomic E-state index is 12.0. The van der Waals surface area contributed by atoms with Gasteiger partial charge in [0.15, 0.2) is 0 Å². The largest absolute Gasteiger partial charge is 0.351 e. The standard InChI is InChI=1S/C15H23N3O2.ClH/c1-2-7-16-8-9-17-14(19)12-10-11-5-3-4-6-13(11)18-15(12)20;/h10,16H,2-9H2,1H3,(H,17,19)(H,18,20);1H. The zero-order valence-corrected chi connectivity index (χ0v) is 13.3. The predicted octanol–water partition coefficient (Wildman–Crippen LogP) is 1.40. The third-order valence-electron chi connectivity index (χ3n) is 3.60. The number of aromatic nitrogens is 1. The van der Waals surface area contributed by atoms with Gasteiger partial charge in [0.1, 0.15) is 5.56 Å². The maximum Gasteiger partial charge on any atom is 0.261 e. The summed E-state index contributed by atoms with van der Waals surface area (Å²) in [4.78, 5) is 26.8. The van der Waals surface area contributed by atoms with Crippen LogP contribution < -0.4 is 16.2 Å². The van der Waals surface area contributed by atoms with Crippen molar-refractivity contribution in [1.29, 1.82) is 0 Å². The molecular formula is C15H24ClN3O2. The molecule has 0 bridgehead atoms. The monoisotopic (exact) mass is 313 g/mol. The minimum absolute atomic E-state index is 0. The van der Waals surface area contributed by atoms with Crippen LogP contribution in [0.5, 0.6) is 0 Å². The first kappa shape index (κ1) is 17.7. The Labute approximate surface area is 131 Å². The Hall–Kier alpha value is -1.33. The number of hydrogen-bond donors (Lipinski definition) is 3. The molecule has 0 fully saturated rings. The predicted molar refractivity (Wildman–Crippen MR) is 86.4 cm³/mol. The molecule has 2 rings (SSSR count). The van der Waals surface area contributed by atoms with Crippen LogP contribution in [0.3, 0.4) is 0 Å². The van der Waals surface area contributed by atoms with Crippen LogP contribution in [0.2, 0.25) is 0 Å². The molecule has 1 aromatic rings.